The largest absolute Gasteiger partial charge is 0.505 e. The Morgan fingerprint density at radius 1 is 0.530 bits per heavy atom. The number of primary amides is 2. The molecule has 0 atom stereocenters. The van der Waals surface area contributed by atoms with Gasteiger partial charge in [-0.25, -0.2) is 9.59 Å². The number of aromatic hydroxyl groups is 2. The van der Waals surface area contributed by atoms with Crippen molar-refractivity contribution < 1.29 is 38.9 Å². The lowest BCUT2D eigenvalue weighted by Crippen LogP contribution is -2.14. The van der Waals surface area contributed by atoms with Crippen molar-refractivity contribution in [3.05, 3.63) is 140 Å². The number of hydrogen-bond acceptors (Lipinski definition) is 12. The summed E-state index contributed by atoms with van der Waals surface area (Å²) in [5, 5.41) is 43.0. The number of rotatable bonds is 12. The monoisotopic (exact) mass is 924 g/mol. The number of benzene rings is 7. The van der Waals surface area contributed by atoms with E-state index in [1.54, 1.807) is 114 Å². The number of halogens is 2. The molecule has 0 spiro atoms. The zero-order chi connectivity index (χ0) is 47.7. The fourth-order valence-electron chi connectivity index (χ4n) is 7.44. The van der Waals surface area contributed by atoms with Crippen molar-refractivity contribution in [1.82, 2.24) is 0 Å². The van der Waals surface area contributed by atoms with Gasteiger partial charge >= 0.3 is 11.9 Å². The minimum atomic E-state index is -0.917. The fraction of sp³-hybridized carbons (Fsp3) is 0.160. The quantitative estimate of drug-likeness (QED) is 0.0679. The van der Waals surface area contributed by atoms with Gasteiger partial charge in [-0.05, 0) is 99.8 Å². The van der Waals surface area contributed by atoms with E-state index in [1.165, 1.54) is 24.3 Å². The Morgan fingerprint density at radius 3 is 1.21 bits per heavy atom. The van der Waals surface area contributed by atoms with Crippen LogP contribution in [0.1, 0.15) is 80.3 Å². The molecular weight excluding hydrogens is 883 g/mol. The molecule has 0 unspecified atom stereocenters. The highest BCUT2D eigenvalue weighted by molar-refractivity contribution is 6.38. The van der Waals surface area contributed by atoms with Gasteiger partial charge in [0.15, 0.2) is 11.5 Å². The summed E-state index contributed by atoms with van der Waals surface area (Å²) in [6.07, 6.45) is -0.713. The summed E-state index contributed by atoms with van der Waals surface area (Å²) in [7, 11) is 0. The molecule has 0 bridgehead atoms. The van der Waals surface area contributed by atoms with Crippen LogP contribution in [0.25, 0.3) is 43.8 Å². The van der Waals surface area contributed by atoms with Crippen molar-refractivity contribution in [2.75, 3.05) is 0 Å². The van der Waals surface area contributed by atoms with Crippen molar-refractivity contribution in [2.24, 2.45) is 31.9 Å². The van der Waals surface area contributed by atoms with Crippen LogP contribution < -0.4 is 11.5 Å². The number of carbonyl (C=O) groups is 4. The molecule has 16 heteroatoms. The van der Waals surface area contributed by atoms with E-state index in [-0.39, 0.29) is 78.1 Å². The van der Waals surface area contributed by atoms with Gasteiger partial charge in [0.25, 0.3) is 0 Å². The number of phenols is 2. The minimum absolute atomic E-state index is 0.0284. The summed E-state index contributed by atoms with van der Waals surface area (Å²) < 4.78 is 10.7. The lowest BCUT2D eigenvalue weighted by atomic mass is 9.88. The first kappa shape index (κ1) is 46.3. The van der Waals surface area contributed by atoms with Crippen molar-refractivity contribution >= 4 is 91.2 Å². The molecule has 0 saturated carbocycles. The molecule has 7 aromatic carbocycles. The van der Waals surface area contributed by atoms with Crippen LogP contribution in [0.4, 0.5) is 22.7 Å². The van der Waals surface area contributed by atoms with Gasteiger partial charge < -0.3 is 31.2 Å². The highest BCUT2D eigenvalue weighted by Gasteiger charge is 2.29. The maximum atomic E-state index is 13.4. The second-order valence-electron chi connectivity index (χ2n) is 15.8. The molecule has 7 aromatic rings. The maximum absolute atomic E-state index is 13.4. The number of hydrogen-bond donors (Lipinski definition) is 4. The first-order valence-electron chi connectivity index (χ1n) is 20.5. The topological polar surface area (TPSA) is 229 Å². The van der Waals surface area contributed by atoms with Crippen molar-refractivity contribution in [2.45, 2.75) is 53.8 Å². The third-order valence-corrected chi connectivity index (χ3v) is 11.1. The number of nitrogens with two attached hydrogens (primary N) is 2. The number of esters is 2. The van der Waals surface area contributed by atoms with Crippen LogP contribution in [0.15, 0.2) is 118 Å². The van der Waals surface area contributed by atoms with E-state index < -0.39 is 35.3 Å². The van der Waals surface area contributed by atoms with Gasteiger partial charge in [-0.2, -0.15) is 10.2 Å². The van der Waals surface area contributed by atoms with Gasteiger partial charge in [-0.3, -0.25) is 9.59 Å². The molecule has 14 nitrogen and oxygen atoms in total. The van der Waals surface area contributed by atoms with E-state index >= 15 is 0 Å². The Kier molecular flexibility index (Phi) is 13.2. The number of nitrogens with zero attached hydrogens (tertiary/aromatic N) is 4. The molecule has 0 radical (unpaired) electrons. The molecule has 0 aliphatic carbocycles. The normalized spacial score (nSPS) is 11.7. The third-order valence-electron chi connectivity index (χ3n) is 10.5. The molecule has 0 saturated heterocycles. The van der Waals surface area contributed by atoms with E-state index in [0.717, 1.165) is 0 Å². The summed E-state index contributed by atoms with van der Waals surface area (Å²) in [5.74, 6) is -4.01. The smallest absolute Gasteiger partial charge is 0.338 e. The molecule has 0 heterocycles. The molecule has 6 N–H and O–H groups in total. The average molecular weight is 926 g/mol. The van der Waals surface area contributed by atoms with Gasteiger partial charge in [-0.15, -0.1) is 10.2 Å². The van der Waals surface area contributed by atoms with Crippen LogP contribution >= 0.6 is 23.2 Å². The highest BCUT2D eigenvalue weighted by Crippen LogP contribution is 2.53. The second kappa shape index (κ2) is 18.8. The number of aryl methyl sites for hydroxylation is 2. The van der Waals surface area contributed by atoms with Gasteiger partial charge in [-0.1, -0.05) is 83.9 Å². The van der Waals surface area contributed by atoms with E-state index in [1.807, 2.05) is 0 Å². The van der Waals surface area contributed by atoms with E-state index in [9.17, 15) is 29.4 Å². The Labute approximate surface area is 388 Å². The summed E-state index contributed by atoms with van der Waals surface area (Å²) in [4.78, 5) is 52.2. The summed E-state index contributed by atoms with van der Waals surface area (Å²) in [5.41, 5.74) is 13.9. The summed E-state index contributed by atoms with van der Waals surface area (Å²) in [6, 6.07) is 25.5. The predicted molar refractivity (Wildman–Crippen MR) is 255 cm³/mol. The first-order chi connectivity index (χ1) is 31.4. The van der Waals surface area contributed by atoms with Crippen LogP contribution in [0.5, 0.6) is 11.5 Å². The van der Waals surface area contributed by atoms with Crippen LogP contribution in [-0.2, 0) is 9.47 Å². The lowest BCUT2D eigenvalue weighted by Gasteiger charge is -2.20. The Hall–Kier alpha value is -7.68. The fourth-order valence-corrected chi connectivity index (χ4v) is 7.96. The molecule has 334 valence electrons. The number of ether oxygens (including phenoxy) is 2. The van der Waals surface area contributed by atoms with Gasteiger partial charge in [0.2, 0.25) is 11.8 Å². The third kappa shape index (κ3) is 9.01. The Bertz CT molecular complexity index is 3020. The predicted octanol–water partition coefficient (Wildman–Crippen LogP) is 12.8. The number of azo groups is 2. The van der Waals surface area contributed by atoms with Crippen LogP contribution in [0.3, 0.4) is 0 Å². The average Bonchev–Trinajstić information content (AvgIpc) is 3.26. The van der Waals surface area contributed by atoms with Crippen molar-refractivity contribution in [3.63, 3.8) is 0 Å². The minimum Gasteiger partial charge on any atom is -0.505 e. The summed E-state index contributed by atoms with van der Waals surface area (Å²) >= 11 is 14.2. The summed E-state index contributed by atoms with van der Waals surface area (Å²) in [6.45, 7) is 10.5. The van der Waals surface area contributed by atoms with Crippen molar-refractivity contribution in [1.29, 1.82) is 0 Å². The number of amides is 2. The van der Waals surface area contributed by atoms with Gasteiger partial charge in [0.05, 0.1) is 45.8 Å². The molecule has 0 aromatic heterocycles. The van der Waals surface area contributed by atoms with Gasteiger partial charge in [0, 0.05) is 43.1 Å². The lowest BCUT2D eigenvalue weighted by molar-refractivity contribution is 0.0367. The van der Waals surface area contributed by atoms with Crippen LogP contribution in [0, 0.1) is 13.8 Å². The number of phenolic OH excluding ortho intramolecular Hbond substituents is 2. The zero-order valence-electron chi connectivity index (χ0n) is 36.4. The molecule has 0 aliphatic heterocycles. The zero-order valence-corrected chi connectivity index (χ0v) is 37.9. The molecule has 2 amide bonds. The molecule has 7 rings (SSSR count). The molecule has 0 fully saturated rings. The molecular formula is C50H42Cl2N6O8. The number of fused-ring (bicyclic) bond motifs is 2. The molecule has 0 aliphatic rings. The standard InChI is InChI=1S/C50H42Cl2N6O8/c1-23(2)65-49(63)27-17-15-25(5)37(19-27)55-57-43-31-13-9-7-11-29(31)41(47(53)61)39(45(43)59)33-21-36(52)34(22-35(33)51)40-42(48(54)62)30-12-8-10-14-32(30)44(46(40)60)58-56-38-20-28(18-16-26(38)6)50(64)66-24(3)4/h7-24,59-60H,1-6H3,(H2,53,61)(H2,54,62). The van der Waals surface area contributed by atoms with E-state index in [4.69, 9.17) is 44.1 Å². The Morgan fingerprint density at radius 2 is 0.879 bits per heavy atom. The van der Waals surface area contributed by atoms with Crippen molar-refractivity contribution in [3.8, 4) is 33.8 Å². The SMILES string of the molecule is Cc1ccc(C(=O)OC(C)C)cc1N=Nc1c(O)c(-c2cc(Cl)c(-c3c(O)c(N=Nc4cc(C(=O)OC(C)C)ccc4C)c4ccccc4c3C(N)=O)cc2Cl)c(C(N)=O)c2ccccc12. The Balaban J connectivity index is 1.42. The van der Waals surface area contributed by atoms with Crippen LogP contribution in [-0.4, -0.2) is 46.2 Å². The highest BCUT2D eigenvalue weighted by atomic mass is 35.5. The van der Waals surface area contributed by atoms with E-state index in [0.29, 0.717) is 44.0 Å². The van der Waals surface area contributed by atoms with E-state index in [2.05, 4.69) is 20.5 Å². The molecule has 66 heavy (non-hydrogen) atoms. The number of carbonyl (C=O) groups excluding carboxylic acids is 4. The van der Waals surface area contributed by atoms with Gasteiger partial charge in [0.1, 0.15) is 11.4 Å². The second-order valence-corrected chi connectivity index (χ2v) is 16.7. The first-order valence-corrected chi connectivity index (χ1v) is 21.2. The maximum Gasteiger partial charge on any atom is 0.338 e. The van der Waals surface area contributed by atoms with Crippen LogP contribution in [0.2, 0.25) is 10.0 Å².